The fourth-order valence-electron chi connectivity index (χ4n) is 2.58. The van der Waals surface area contributed by atoms with E-state index < -0.39 is 24.1 Å². The maximum Gasteiger partial charge on any atom is 0.338 e. The fraction of sp³-hybridized carbons (Fsp3) is 0.421. The average molecular weight is 400 g/mol. The van der Waals surface area contributed by atoms with Crippen molar-refractivity contribution in [1.29, 1.82) is 0 Å². The Kier molecular flexibility index (Phi) is 7.38. The van der Waals surface area contributed by atoms with Crippen molar-refractivity contribution in [3.63, 3.8) is 0 Å². The van der Waals surface area contributed by atoms with Gasteiger partial charge in [-0.25, -0.2) is 18.0 Å². The van der Waals surface area contributed by atoms with E-state index in [9.17, 15) is 23.1 Å². The van der Waals surface area contributed by atoms with E-state index in [1.54, 1.807) is 6.08 Å². The molecule has 8 heteroatoms. The van der Waals surface area contributed by atoms with Crippen LogP contribution in [-0.4, -0.2) is 60.4 Å². The van der Waals surface area contributed by atoms with Crippen LogP contribution in [0.15, 0.2) is 47.0 Å². The zero-order chi connectivity index (χ0) is 20.0. The lowest BCUT2D eigenvalue weighted by molar-refractivity contribution is -0.132. The molecule has 0 aliphatic carbocycles. The topological polar surface area (TPSA) is 43.8 Å². The first-order chi connectivity index (χ1) is 12.7. The molecule has 0 spiro atoms. The molecule has 0 unspecified atom stereocenters. The number of nitrogens with zero attached hydrogens (tertiary/aromatic N) is 2. The molecular weight excluding hydrogens is 377 g/mol. The Hall–Kier alpha value is -1.93. The molecule has 0 saturated carbocycles. The third-order valence-corrected chi connectivity index (χ3v) is 5.26. The number of thioether (sulfide) groups is 1. The van der Waals surface area contributed by atoms with Gasteiger partial charge in [0.1, 0.15) is 5.82 Å². The summed E-state index contributed by atoms with van der Waals surface area (Å²) in [7, 11) is 3.83. The van der Waals surface area contributed by atoms with Crippen molar-refractivity contribution in [2.45, 2.75) is 12.3 Å². The molecule has 0 amide bonds. The maximum atomic E-state index is 14.3. The molecule has 2 rings (SSSR count). The zero-order valence-electron chi connectivity index (χ0n) is 15.3. The van der Waals surface area contributed by atoms with Crippen molar-refractivity contribution in [3.8, 4) is 0 Å². The molecule has 1 N–H and O–H groups in total. The Labute approximate surface area is 161 Å². The molecule has 1 heterocycles. The molecule has 27 heavy (non-hydrogen) atoms. The Morgan fingerprint density at radius 1 is 1.30 bits per heavy atom. The smallest absolute Gasteiger partial charge is 0.338 e. The SMILES string of the molecule is CN(C)CCN1CC=CC(C(=O)O)=C1SCCC(F)(F)c1ccc(F)cc1. The number of carboxylic acids is 1. The molecule has 1 aliphatic rings. The summed E-state index contributed by atoms with van der Waals surface area (Å²) >= 11 is 1.12. The summed E-state index contributed by atoms with van der Waals surface area (Å²) in [5, 5.41) is 9.93. The van der Waals surface area contributed by atoms with Crippen LogP contribution >= 0.6 is 11.8 Å². The number of aliphatic carboxylic acids is 1. The molecule has 148 valence electrons. The van der Waals surface area contributed by atoms with Gasteiger partial charge in [-0.2, -0.15) is 0 Å². The summed E-state index contributed by atoms with van der Waals surface area (Å²) in [6.07, 6.45) is 2.82. The number of benzene rings is 1. The first-order valence-electron chi connectivity index (χ1n) is 8.51. The minimum Gasteiger partial charge on any atom is -0.478 e. The number of likely N-dealkylation sites (N-methyl/N-ethyl adjacent to an activating group) is 1. The minimum absolute atomic E-state index is 0.0444. The van der Waals surface area contributed by atoms with E-state index in [0.717, 1.165) is 42.6 Å². The monoisotopic (exact) mass is 400 g/mol. The van der Waals surface area contributed by atoms with Gasteiger partial charge in [-0.1, -0.05) is 18.2 Å². The van der Waals surface area contributed by atoms with Crippen LogP contribution in [0.5, 0.6) is 0 Å². The number of alkyl halides is 2. The molecule has 1 aliphatic heterocycles. The second-order valence-electron chi connectivity index (χ2n) is 6.49. The summed E-state index contributed by atoms with van der Waals surface area (Å²) < 4.78 is 41.6. The quantitative estimate of drug-likeness (QED) is 0.684. The second-order valence-corrected chi connectivity index (χ2v) is 7.57. The minimum atomic E-state index is -3.11. The zero-order valence-corrected chi connectivity index (χ0v) is 16.1. The van der Waals surface area contributed by atoms with Crippen molar-refractivity contribution < 1.29 is 23.1 Å². The Morgan fingerprint density at radius 2 is 1.96 bits per heavy atom. The summed E-state index contributed by atoms with van der Waals surface area (Å²) in [4.78, 5) is 15.4. The highest BCUT2D eigenvalue weighted by atomic mass is 32.2. The van der Waals surface area contributed by atoms with E-state index in [1.807, 2.05) is 23.9 Å². The predicted octanol–water partition coefficient (Wildman–Crippen LogP) is 3.77. The third-order valence-electron chi connectivity index (χ3n) is 4.10. The Morgan fingerprint density at radius 3 is 2.56 bits per heavy atom. The Bertz CT molecular complexity index is 718. The van der Waals surface area contributed by atoms with E-state index in [-0.39, 0.29) is 16.9 Å². The van der Waals surface area contributed by atoms with Crippen molar-refractivity contribution in [3.05, 3.63) is 58.4 Å². The predicted molar refractivity (Wildman–Crippen MR) is 101 cm³/mol. The van der Waals surface area contributed by atoms with E-state index in [1.165, 1.54) is 6.08 Å². The maximum absolute atomic E-state index is 14.3. The van der Waals surface area contributed by atoms with Crippen molar-refractivity contribution in [2.75, 3.05) is 39.5 Å². The molecule has 0 aromatic heterocycles. The highest BCUT2D eigenvalue weighted by Crippen LogP contribution is 2.36. The van der Waals surface area contributed by atoms with Crippen molar-refractivity contribution in [2.24, 2.45) is 0 Å². The lowest BCUT2D eigenvalue weighted by Gasteiger charge is -2.30. The van der Waals surface area contributed by atoms with Gasteiger partial charge in [0.15, 0.2) is 0 Å². The van der Waals surface area contributed by atoms with Crippen LogP contribution in [0, 0.1) is 5.82 Å². The van der Waals surface area contributed by atoms with Crippen LogP contribution < -0.4 is 0 Å². The van der Waals surface area contributed by atoms with E-state index >= 15 is 0 Å². The van der Waals surface area contributed by atoms with Crippen LogP contribution in [0.25, 0.3) is 0 Å². The Balaban J connectivity index is 2.07. The lowest BCUT2D eigenvalue weighted by Crippen LogP contribution is -2.33. The van der Waals surface area contributed by atoms with Gasteiger partial charge < -0.3 is 14.9 Å². The number of hydrogen-bond donors (Lipinski definition) is 1. The summed E-state index contributed by atoms with van der Waals surface area (Å²) in [6.45, 7) is 1.86. The first-order valence-corrected chi connectivity index (χ1v) is 9.49. The standard InChI is InChI=1S/C19H23F3N2O2S/c1-23(2)11-12-24-10-3-4-16(18(25)26)17(24)27-13-9-19(21,22)14-5-7-15(20)8-6-14/h3-8H,9-13H2,1-2H3,(H,25,26). The van der Waals surface area contributed by atoms with Gasteiger partial charge in [0.25, 0.3) is 5.92 Å². The van der Waals surface area contributed by atoms with Gasteiger partial charge in [0, 0.05) is 37.4 Å². The summed E-state index contributed by atoms with van der Waals surface area (Å²) in [5.74, 6) is -4.70. The summed E-state index contributed by atoms with van der Waals surface area (Å²) in [6, 6.07) is 4.18. The largest absolute Gasteiger partial charge is 0.478 e. The molecule has 1 aromatic rings. The highest BCUT2D eigenvalue weighted by molar-refractivity contribution is 8.03. The van der Waals surface area contributed by atoms with Crippen molar-refractivity contribution >= 4 is 17.7 Å². The number of hydrogen-bond acceptors (Lipinski definition) is 4. The molecule has 0 bridgehead atoms. The van der Waals surface area contributed by atoms with E-state index in [2.05, 4.69) is 0 Å². The molecule has 1 aromatic carbocycles. The molecule has 0 radical (unpaired) electrons. The number of halogens is 3. The molecule has 0 atom stereocenters. The third kappa shape index (κ3) is 6.04. The number of carbonyl (C=O) groups is 1. The second kappa shape index (κ2) is 9.32. The molecule has 0 fully saturated rings. The number of carboxylic acid groups (broad SMARTS) is 1. The van der Waals surface area contributed by atoms with Crippen LogP contribution in [0.2, 0.25) is 0 Å². The summed E-state index contributed by atoms with van der Waals surface area (Å²) in [5.41, 5.74) is -0.125. The molecular formula is C19H23F3N2O2S. The normalized spacial score (nSPS) is 15.0. The van der Waals surface area contributed by atoms with Gasteiger partial charge in [-0.3, -0.25) is 0 Å². The van der Waals surface area contributed by atoms with Gasteiger partial charge >= 0.3 is 5.97 Å². The lowest BCUT2D eigenvalue weighted by atomic mass is 10.1. The van der Waals surface area contributed by atoms with Gasteiger partial charge in [0.05, 0.1) is 10.6 Å². The molecule has 0 saturated heterocycles. The van der Waals surface area contributed by atoms with E-state index in [4.69, 9.17) is 0 Å². The molecule has 4 nitrogen and oxygen atoms in total. The number of rotatable bonds is 9. The van der Waals surface area contributed by atoms with Crippen LogP contribution in [0.4, 0.5) is 13.2 Å². The average Bonchev–Trinajstić information content (AvgIpc) is 2.60. The fourth-order valence-corrected chi connectivity index (χ4v) is 3.79. The highest BCUT2D eigenvalue weighted by Gasteiger charge is 2.32. The van der Waals surface area contributed by atoms with Crippen molar-refractivity contribution in [1.82, 2.24) is 9.80 Å². The van der Waals surface area contributed by atoms with Gasteiger partial charge in [-0.05, 0) is 32.3 Å². The van der Waals surface area contributed by atoms with Crippen LogP contribution in [-0.2, 0) is 10.7 Å². The van der Waals surface area contributed by atoms with Crippen LogP contribution in [0.1, 0.15) is 12.0 Å². The first kappa shape index (κ1) is 21.4. The van der Waals surface area contributed by atoms with Gasteiger partial charge in [0.2, 0.25) is 0 Å². The van der Waals surface area contributed by atoms with Crippen LogP contribution in [0.3, 0.4) is 0 Å². The van der Waals surface area contributed by atoms with E-state index in [0.29, 0.717) is 18.1 Å². The van der Waals surface area contributed by atoms with Gasteiger partial charge in [-0.15, -0.1) is 11.8 Å².